The molecule has 1 saturated heterocycles. The van der Waals surface area contributed by atoms with Crippen molar-refractivity contribution in [3.05, 3.63) is 10.6 Å². The molecule has 0 bridgehead atoms. The molecule has 1 aromatic rings. The van der Waals surface area contributed by atoms with Crippen LogP contribution < -0.4 is 10.2 Å². The third-order valence-corrected chi connectivity index (χ3v) is 4.86. The number of amides is 1. The van der Waals surface area contributed by atoms with E-state index < -0.39 is 0 Å². The fourth-order valence-corrected chi connectivity index (χ4v) is 3.84. The van der Waals surface area contributed by atoms with Crippen LogP contribution in [0.4, 0.5) is 5.13 Å². The SMILES string of the molecule is CC(C)CC1Cc2nc(N3CCOCC3)sc2C(=O)N1. The Morgan fingerprint density at radius 3 is 2.90 bits per heavy atom. The molecule has 0 spiro atoms. The number of carbonyl (C=O) groups is 1. The van der Waals surface area contributed by atoms with Crippen molar-refractivity contribution in [3.8, 4) is 0 Å². The van der Waals surface area contributed by atoms with Gasteiger partial charge in [-0.1, -0.05) is 25.2 Å². The van der Waals surface area contributed by atoms with Crippen LogP contribution in [-0.4, -0.2) is 43.2 Å². The minimum Gasteiger partial charge on any atom is -0.378 e. The van der Waals surface area contributed by atoms with Gasteiger partial charge in [-0.05, 0) is 12.3 Å². The monoisotopic (exact) mass is 295 g/mol. The number of rotatable bonds is 3. The number of hydrogen-bond acceptors (Lipinski definition) is 5. The van der Waals surface area contributed by atoms with Crippen LogP contribution >= 0.6 is 11.3 Å². The van der Waals surface area contributed by atoms with E-state index >= 15 is 0 Å². The number of carbonyl (C=O) groups excluding carboxylic acids is 1. The third-order valence-electron chi connectivity index (χ3n) is 3.70. The number of fused-ring (bicyclic) bond motifs is 1. The Bertz CT molecular complexity index is 495. The van der Waals surface area contributed by atoms with Gasteiger partial charge in [0, 0.05) is 25.6 Å². The molecule has 2 aliphatic rings. The highest BCUT2D eigenvalue weighted by atomic mass is 32.1. The van der Waals surface area contributed by atoms with Crippen LogP contribution in [0.5, 0.6) is 0 Å². The predicted molar refractivity (Wildman–Crippen MR) is 79.6 cm³/mol. The van der Waals surface area contributed by atoms with Crippen LogP contribution in [0.1, 0.15) is 35.6 Å². The Hall–Kier alpha value is -1.14. The highest BCUT2D eigenvalue weighted by Gasteiger charge is 2.29. The lowest BCUT2D eigenvalue weighted by Crippen LogP contribution is -2.41. The first kappa shape index (κ1) is 13.8. The summed E-state index contributed by atoms with van der Waals surface area (Å²) < 4.78 is 5.36. The number of ether oxygens (including phenoxy) is 1. The average Bonchev–Trinajstić information content (AvgIpc) is 2.83. The number of thiazole rings is 1. The summed E-state index contributed by atoms with van der Waals surface area (Å²) in [6.45, 7) is 7.58. The average molecular weight is 295 g/mol. The van der Waals surface area contributed by atoms with Crippen LogP contribution in [0, 0.1) is 5.92 Å². The van der Waals surface area contributed by atoms with Gasteiger partial charge in [-0.15, -0.1) is 0 Å². The van der Waals surface area contributed by atoms with Crippen LogP contribution in [0.25, 0.3) is 0 Å². The number of aromatic nitrogens is 1. The first-order valence-corrected chi connectivity index (χ1v) is 8.08. The zero-order valence-electron chi connectivity index (χ0n) is 12.0. The van der Waals surface area contributed by atoms with Gasteiger partial charge in [0.2, 0.25) is 0 Å². The topological polar surface area (TPSA) is 54.5 Å². The Morgan fingerprint density at radius 1 is 1.45 bits per heavy atom. The van der Waals surface area contributed by atoms with Crippen LogP contribution in [0.3, 0.4) is 0 Å². The molecule has 1 unspecified atom stereocenters. The quantitative estimate of drug-likeness (QED) is 0.922. The summed E-state index contributed by atoms with van der Waals surface area (Å²) in [5, 5.41) is 4.08. The molecule has 0 aromatic carbocycles. The van der Waals surface area contributed by atoms with E-state index in [1.165, 1.54) is 11.3 Å². The fraction of sp³-hybridized carbons (Fsp3) is 0.714. The lowest BCUT2D eigenvalue weighted by molar-refractivity contribution is 0.0923. The minimum absolute atomic E-state index is 0.0499. The number of nitrogens with zero attached hydrogens (tertiary/aromatic N) is 2. The van der Waals surface area contributed by atoms with Crippen LogP contribution in [0.15, 0.2) is 0 Å². The predicted octanol–water partition coefficient (Wildman–Crippen LogP) is 1.68. The van der Waals surface area contributed by atoms with Crippen molar-refractivity contribution in [2.45, 2.75) is 32.7 Å². The molecule has 110 valence electrons. The lowest BCUT2D eigenvalue weighted by Gasteiger charge is -2.26. The first-order valence-electron chi connectivity index (χ1n) is 7.26. The van der Waals surface area contributed by atoms with Gasteiger partial charge in [-0.3, -0.25) is 4.79 Å². The molecule has 1 N–H and O–H groups in total. The maximum atomic E-state index is 12.2. The van der Waals surface area contributed by atoms with Gasteiger partial charge < -0.3 is 15.0 Å². The summed E-state index contributed by atoms with van der Waals surface area (Å²) >= 11 is 1.52. The molecule has 3 rings (SSSR count). The normalized spacial score (nSPS) is 22.9. The zero-order valence-corrected chi connectivity index (χ0v) is 12.8. The molecular weight excluding hydrogens is 274 g/mol. The standard InChI is InChI=1S/C14H21N3O2S/c1-9(2)7-10-8-11-12(13(18)15-10)20-14(16-11)17-3-5-19-6-4-17/h9-10H,3-8H2,1-2H3,(H,15,18). The number of morpholine rings is 1. The van der Waals surface area contributed by atoms with Gasteiger partial charge in [-0.25, -0.2) is 4.98 Å². The van der Waals surface area contributed by atoms with E-state index in [1.807, 2.05) is 0 Å². The smallest absolute Gasteiger partial charge is 0.263 e. The fourth-order valence-electron chi connectivity index (χ4n) is 2.79. The molecule has 1 atom stereocenters. The van der Waals surface area contributed by atoms with Gasteiger partial charge in [0.05, 0.1) is 18.9 Å². The Morgan fingerprint density at radius 2 is 2.20 bits per heavy atom. The summed E-state index contributed by atoms with van der Waals surface area (Å²) in [4.78, 5) is 19.9. The van der Waals surface area contributed by atoms with Crippen molar-refractivity contribution in [1.29, 1.82) is 0 Å². The van der Waals surface area contributed by atoms with Gasteiger partial charge in [-0.2, -0.15) is 0 Å². The number of anilines is 1. The van der Waals surface area contributed by atoms with E-state index in [1.54, 1.807) is 0 Å². The summed E-state index contributed by atoms with van der Waals surface area (Å²) in [7, 11) is 0. The first-order chi connectivity index (χ1) is 9.63. The number of nitrogens with one attached hydrogen (secondary N) is 1. The molecule has 6 heteroatoms. The largest absolute Gasteiger partial charge is 0.378 e. The van der Waals surface area contributed by atoms with Crippen molar-refractivity contribution in [2.24, 2.45) is 5.92 Å². The van der Waals surface area contributed by atoms with E-state index in [0.717, 1.165) is 54.8 Å². The second kappa shape index (κ2) is 5.69. The Labute approximate surface area is 123 Å². The molecule has 3 heterocycles. The highest BCUT2D eigenvalue weighted by Crippen LogP contribution is 2.30. The second-order valence-corrected chi connectivity index (χ2v) is 6.85. The Balaban J connectivity index is 1.78. The third kappa shape index (κ3) is 2.81. The molecule has 1 fully saturated rings. The van der Waals surface area contributed by atoms with Crippen LogP contribution in [0.2, 0.25) is 0 Å². The van der Waals surface area contributed by atoms with E-state index in [-0.39, 0.29) is 11.9 Å². The van der Waals surface area contributed by atoms with Gasteiger partial charge >= 0.3 is 0 Å². The van der Waals surface area contributed by atoms with E-state index in [0.29, 0.717) is 5.92 Å². The molecule has 0 radical (unpaired) electrons. The summed E-state index contributed by atoms with van der Waals surface area (Å²) in [5.74, 6) is 0.633. The van der Waals surface area contributed by atoms with Crippen molar-refractivity contribution < 1.29 is 9.53 Å². The van der Waals surface area contributed by atoms with Gasteiger partial charge in [0.25, 0.3) is 5.91 Å². The lowest BCUT2D eigenvalue weighted by atomic mass is 9.97. The summed E-state index contributed by atoms with van der Waals surface area (Å²) in [6.07, 6.45) is 1.87. The van der Waals surface area contributed by atoms with E-state index in [9.17, 15) is 4.79 Å². The summed E-state index contributed by atoms with van der Waals surface area (Å²) in [5.41, 5.74) is 0.978. The highest BCUT2D eigenvalue weighted by molar-refractivity contribution is 7.17. The van der Waals surface area contributed by atoms with Gasteiger partial charge in [0.15, 0.2) is 5.13 Å². The number of hydrogen-bond donors (Lipinski definition) is 1. The van der Waals surface area contributed by atoms with Crippen molar-refractivity contribution >= 4 is 22.4 Å². The van der Waals surface area contributed by atoms with Gasteiger partial charge in [0.1, 0.15) is 4.88 Å². The second-order valence-electron chi connectivity index (χ2n) is 5.88. The van der Waals surface area contributed by atoms with E-state index in [2.05, 4.69) is 24.1 Å². The summed E-state index contributed by atoms with van der Waals surface area (Å²) in [6, 6.07) is 0.231. The van der Waals surface area contributed by atoms with Crippen LogP contribution in [-0.2, 0) is 11.2 Å². The molecule has 1 aromatic heterocycles. The van der Waals surface area contributed by atoms with Crippen molar-refractivity contribution in [1.82, 2.24) is 10.3 Å². The maximum Gasteiger partial charge on any atom is 0.263 e. The molecule has 5 nitrogen and oxygen atoms in total. The maximum absolute atomic E-state index is 12.2. The zero-order chi connectivity index (χ0) is 14.1. The molecule has 20 heavy (non-hydrogen) atoms. The van der Waals surface area contributed by atoms with E-state index in [4.69, 9.17) is 9.72 Å². The molecule has 1 amide bonds. The van der Waals surface area contributed by atoms with Crippen molar-refractivity contribution in [2.75, 3.05) is 31.2 Å². The Kier molecular flexibility index (Phi) is 3.94. The molecular formula is C14H21N3O2S. The molecule has 2 aliphatic heterocycles. The molecule has 0 saturated carbocycles. The molecule has 0 aliphatic carbocycles. The van der Waals surface area contributed by atoms with Crippen molar-refractivity contribution in [3.63, 3.8) is 0 Å². The minimum atomic E-state index is 0.0499.